The largest absolute Gasteiger partial charge is 1.00 e. The summed E-state index contributed by atoms with van der Waals surface area (Å²) >= 11 is 2.77. The molecule has 0 radical (unpaired) electrons. The van der Waals surface area contributed by atoms with E-state index in [9.17, 15) is 19.8 Å². The molecule has 0 saturated carbocycles. The number of aliphatic hydroxyl groups is 1. The summed E-state index contributed by atoms with van der Waals surface area (Å²) in [5.74, 6) is -1.74. The number of anilines is 1. The van der Waals surface area contributed by atoms with E-state index in [1.54, 1.807) is 6.92 Å². The Morgan fingerprint density at radius 1 is 1.60 bits per heavy atom. The molecule has 0 bridgehead atoms. The zero-order valence-corrected chi connectivity index (χ0v) is 17.9. The van der Waals surface area contributed by atoms with Crippen molar-refractivity contribution >= 4 is 40.1 Å². The van der Waals surface area contributed by atoms with Gasteiger partial charge >= 0.3 is 29.6 Å². The van der Waals surface area contributed by atoms with Gasteiger partial charge in [-0.3, -0.25) is 4.79 Å². The maximum Gasteiger partial charge on any atom is 1.00 e. The fraction of sp³-hybridized carbons (Fsp3) is 0.533. The Morgan fingerprint density at radius 2 is 2.28 bits per heavy atom. The Bertz CT molecular complexity index is 721. The van der Waals surface area contributed by atoms with Crippen molar-refractivity contribution in [1.82, 2.24) is 9.88 Å². The molecule has 10 heteroatoms. The van der Waals surface area contributed by atoms with Gasteiger partial charge in [-0.05, 0) is 13.3 Å². The number of hydrogen-bond donors (Lipinski definition) is 2. The average molecular weight is 391 g/mol. The van der Waals surface area contributed by atoms with Crippen LogP contribution in [-0.2, 0) is 16.0 Å². The number of aliphatic carboxylic acids is 1. The number of nitrogen functional groups attached to an aromatic ring is 1. The number of aromatic nitrogens is 1. The number of carboxylic acids is 1. The minimum atomic E-state index is -1.35. The van der Waals surface area contributed by atoms with E-state index in [0.717, 1.165) is 5.69 Å². The number of amides is 1. The minimum absolute atomic E-state index is 0. The molecule has 0 aliphatic carbocycles. The van der Waals surface area contributed by atoms with Gasteiger partial charge < -0.3 is 25.6 Å². The minimum Gasteiger partial charge on any atom is -0.543 e. The van der Waals surface area contributed by atoms with Gasteiger partial charge in [0.05, 0.1) is 35.4 Å². The van der Waals surface area contributed by atoms with Crippen LogP contribution in [0.15, 0.2) is 16.0 Å². The molecule has 3 rings (SSSR count). The maximum atomic E-state index is 12.2. The third-order valence-corrected chi connectivity index (χ3v) is 6.49. The van der Waals surface area contributed by atoms with Crippen LogP contribution in [0.4, 0.5) is 5.13 Å². The molecule has 1 saturated heterocycles. The Morgan fingerprint density at radius 3 is 2.80 bits per heavy atom. The van der Waals surface area contributed by atoms with Crippen molar-refractivity contribution in [3.8, 4) is 0 Å². The molecule has 3 N–H and O–H groups in total. The third-order valence-electron chi connectivity index (χ3n) is 4.49. The summed E-state index contributed by atoms with van der Waals surface area (Å²) in [6, 6.07) is -0.303. The van der Waals surface area contributed by atoms with E-state index in [0.29, 0.717) is 22.2 Å². The molecule has 25 heavy (non-hydrogen) atoms. The zero-order valence-electron chi connectivity index (χ0n) is 14.3. The van der Waals surface area contributed by atoms with Crippen LogP contribution in [0, 0.1) is 11.8 Å². The smallest absolute Gasteiger partial charge is 0.543 e. The van der Waals surface area contributed by atoms with E-state index in [1.807, 2.05) is 12.3 Å². The average Bonchev–Trinajstić information content (AvgIpc) is 3.00. The number of carbonyl (C=O) groups excluding carboxylic acids is 2. The quantitative estimate of drug-likeness (QED) is 0.388. The van der Waals surface area contributed by atoms with Gasteiger partial charge in [0.15, 0.2) is 5.13 Å². The zero-order chi connectivity index (χ0) is 17.6. The van der Waals surface area contributed by atoms with Gasteiger partial charge in [-0.15, -0.1) is 23.1 Å². The van der Waals surface area contributed by atoms with Crippen molar-refractivity contribution in [2.45, 2.75) is 32.4 Å². The third kappa shape index (κ3) is 3.63. The van der Waals surface area contributed by atoms with Crippen molar-refractivity contribution in [2.75, 3.05) is 11.5 Å². The summed E-state index contributed by atoms with van der Waals surface area (Å²) in [5.41, 5.74) is 6.42. The number of nitrogens with zero attached hydrogens (tertiary/aromatic N) is 2. The molecule has 1 aromatic heterocycles. The second-order valence-corrected chi connectivity index (χ2v) is 8.06. The first kappa shape index (κ1) is 20.7. The molecule has 2 aliphatic rings. The normalized spacial score (nSPS) is 26.1. The van der Waals surface area contributed by atoms with Gasteiger partial charge in [-0.25, -0.2) is 4.98 Å². The van der Waals surface area contributed by atoms with Crippen LogP contribution >= 0.6 is 23.1 Å². The number of aryl methyl sites for hydroxylation is 1. The first-order valence-corrected chi connectivity index (χ1v) is 9.48. The van der Waals surface area contributed by atoms with Crippen LogP contribution in [0.1, 0.15) is 19.5 Å². The predicted octanol–water partition coefficient (Wildman–Crippen LogP) is -3.18. The monoisotopic (exact) mass is 391 g/mol. The Kier molecular flexibility index (Phi) is 6.61. The van der Waals surface area contributed by atoms with Crippen LogP contribution in [0.3, 0.4) is 0 Å². The van der Waals surface area contributed by atoms with E-state index >= 15 is 0 Å². The molecule has 7 nitrogen and oxygen atoms in total. The molecule has 3 heterocycles. The number of β-lactam (4-membered cyclic amide) rings is 1. The van der Waals surface area contributed by atoms with Gasteiger partial charge in [-0.1, -0.05) is 6.92 Å². The molecule has 0 aromatic carbocycles. The molecule has 1 amide bonds. The van der Waals surface area contributed by atoms with Crippen molar-refractivity contribution in [3.63, 3.8) is 0 Å². The molecule has 0 spiro atoms. The second-order valence-electron chi connectivity index (χ2n) is 6.03. The summed E-state index contributed by atoms with van der Waals surface area (Å²) in [5, 5.41) is 23.7. The fourth-order valence-electron chi connectivity index (χ4n) is 3.41. The van der Waals surface area contributed by atoms with Crippen molar-refractivity contribution in [3.05, 3.63) is 21.7 Å². The van der Waals surface area contributed by atoms with Gasteiger partial charge in [0.1, 0.15) is 0 Å². The number of rotatable bonds is 6. The predicted molar refractivity (Wildman–Crippen MR) is 89.7 cm³/mol. The molecule has 130 valence electrons. The fourth-order valence-corrected chi connectivity index (χ4v) is 5.26. The number of carbonyl (C=O) groups is 2. The van der Waals surface area contributed by atoms with Crippen molar-refractivity contribution in [1.29, 1.82) is 0 Å². The first-order chi connectivity index (χ1) is 11.3. The van der Waals surface area contributed by atoms with E-state index in [2.05, 4.69) is 4.98 Å². The Hall–Kier alpha value is -0.580. The Labute approximate surface area is 176 Å². The van der Waals surface area contributed by atoms with Crippen LogP contribution < -0.4 is 40.4 Å². The first-order valence-electron chi connectivity index (χ1n) is 7.62. The molecule has 4 atom stereocenters. The van der Waals surface area contributed by atoms with E-state index in [4.69, 9.17) is 5.73 Å². The van der Waals surface area contributed by atoms with Gasteiger partial charge in [0.25, 0.3) is 0 Å². The topological polar surface area (TPSA) is 120 Å². The molecule has 0 unspecified atom stereocenters. The van der Waals surface area contributed by atoms with Crippen LogP contribution in [0.25, 0.3) is 0 Å². The summed E-state index contributed by atoms with van der Waals surface area (Å²) in [6.07, 6.45) is -0.139. The van der Waals surface area contributed by atoms with Crippen LogP contribution in [0.2, 0.25) is 0 Å². The van der Waals surface area contributed by atoms with E-state index in [-0.39, 0.29) is 53.1 Å². The van der Waals surface area contributed by atoms with Gasteiger partial charge in [-0.2, -0.15) is 0 Å². The van der Waals surface area contributed by atoms with Crippen molar-refractivity contribution < 1.29 is 49.4 Å². The molecular formula is C15H18N3NaO4S2. The summed E-state index contributed by atoms with van der Waals surface area (Å²) in [6.45, 7) is 3.45. The number of hydrogen-bond acceptors (Lipinski definition) is 8. The molecule has 1 aromatic rings. The summed E-state index contributed by atoms with van der Waals surface area (Å²) < 4.78 is 0. The maximum absolute atomic E-state index is 12.2. The summed E-state index contributed by atoms with van der Waals surface area (Å²) in [7, 11) is 0. The van der Waals surface area contributed by atoms with Crippen LogP contribution in [-0.4, -0.2) is 44.8 Å². The van der Waals surface area contributed by atoms with Crippen molar-refractivity contribution in [2.24, 2.45) is 11.8 Å². The molecule has 2 aliphatic heterocycles. The molecule has 1 fully saturated rings. The van der Waals surface area contributed by atoms with E-state index in [1.165, 1.54) is 28.0 Å². The second kappa shape index (κ2) is 7.98. The number of nitrogens with two attached hydrogens (primary N) is 1. The van der Waals surface area contributed by atoms with Gasteiger partial charge in [0, 0.05) is 22.0 Å². The summed E-state index contributed by atoms with van der Waals surface area (Å²) in [4.78, 5) is 29.8. The van der Waals surface area contributed by atoms with Gasteiger partial charge in [0.2, 0.25) is 5.91 Å². The standard InChI is InChI=1S/C15H19N3O4S2.Na/c1-6-10-9(7(2)19)13(20)18(10)11(14(21)22)12(6)23-4-3-8-5-24-15(16)17-8;/h5-7,9-10,19H,3-4H2,1-2H3,(H2,16,17)(H,21,22);/q;+1/p-1/t6-,7-,9-,10-;/m1./s1. The van der Waals surface area contributed by atoms with Crippen LogP contribution in [0.5, 0.6) is 0 Å². The number of thioether (sulfide) groups is 1. The Balaban J connectivity index is 0.00000225. The number of thiazole rings is 1. The number of carboxylic acid groups (broad SMARTS) is 1. The van der Waals surface area contributed by atoms with E-state index < -0.39 is 18.0 Å². The number of fused-ring (bicyclic) bond motifs is 1. The molecular weight excluding hydrogens is 373 g/mol. The SMILES string of the molecule is C[C@@H](O)[C@H]1C(=O)N2C(C(=O)[O-])=C(SCCc3csc(N)n3)[C@H](C)[C@H]12.[Na+]. The number of aliphatic hydroxyl groups excluding tert-OH is 1.